The SMILES string of the molecule is Cc1ccc(C)n1CCSCC(CC(=O)OCCCCOC(=O)CCCCCCCCC(=O)O)C(=O)OCCCOC(=O)CCC(=O)OCCCO. The second kappa shape index (κ2) is 29.9. The molecular weight excluding hydrogens is 698 g/mol. The van der Waals surface area contributed by atoms with Crippen LogP contribution in [0.4, 0.5) is 0 Å². The van der Waals surface area contributed by atoms with Crippen molar-refractivity contribution < 1.29 is 62.7 Å². The third-order valence-electron chi connectivity index (χ3n) is 7.92. The van der Waals surface area contributed by atoms with Crippen LogP contribution in [0.25, 0.3) is 0 Å². The molecule has 0 spiro atoms. The first kappa shape index (κ1) is 46.4. The topological polar surface area (TPSA) is 194 Å². The molecule has 52 heavy (non-hydrogen) atoms. The van der Waals surface area contributed by atoms with Gasteiger partial charge in [-0.25, -0.2) is 0 Å². The van der Waals surface area contributed by atoms with Crippen molar-refractivity contribution in [2.75, 3.05) is 51.1 Å². The molecule has 296 valence electrons. The van der Waals surface area contributed by atoms with Crippen LogP contribution in [-0.4, -0.2) is 102 Å². The van der Waals surface area contributed by atoms with E-state index in [9.17, 15) is 28.8 Å². The van der Waals surface area contributed by atoms with E-state index in [1.165, 1.54) is 0 Å². The third kappa shape index (κ3) is 24.6. The predicted octanol–water partition coefficient (Wildman–Crippen LogP) is 5.10. The van der Waals surface area contributed by atoms with Crippen molar-refractivity contribution in [3.63, 3.8) is 0 Å². The van der Waals surface area contributed by atoms with E-state index in [2.05, 4.69) is 4.57 Å². The Balaban J connectivity index is 2.35. The Morgan fingerprint density at radius 3 is 1.67 bits per heavy atom. The van der Waals surface area contributed by atoms with Crippen LogP contribution in [0.5, 0.6) is 0 Å². The highest BCUT2D eigenvalue weighted by Crippen LogP contribution is 2.18. The molecular formula is C37H59NO13S. The first-order chi connectivity index (χ1) is 25.0. The molecule has 1 heterocycles. The molecule has 0 bridgehead atoms. The lowest BCUT2D eigenvalue weighted by molar-refractivity contribution is -0.155. The van der Waals surface area contributed by atoms with Gasteiger partial charge in [0, 0.05) is 61.7 Å². The summed E-state index contributed by atoms with van der Waals surface area (Å²) in [5.74, 6) is -2.88. The maximum atomic E-state index is 13.0. The number of aliphatic hydroxyl groups is 1. The van der Waals surface area contributed by atoms with Gasteiger partial charge in [0.15, 0.2) is 0 Å². The summed E-state index contributed by atoms with van der Waals surface area (Å²) >= 11 is 1.54. The van der Waals surface area contributed by atoms with Crippen molar-refractivity contribution in [3.8, 4) is 0 Å². The molecule has 1 aromatic rings. The predicted molar refractivity (Wildman–Crippen MR) is 193 cm³/mol. The molecule has 1 aromatic heterocycles. The summed E-state index contributed by atoms with van der Waals surface area (Å²) in [7, 11) is 0. The Kier molecular flexibility index (Phi) is 26.7. The lowest BCUT2D eigenvalue weighted by Gasteiger charge is -2.16. The van der Waals surface area contributed by atoms with Crippen LogP contribution in [0.1, 0.15) is 108 Å². The maximum Gasteiger partial charge on any atom is 0.310 e. The zero-order valence-corrected chi connectivity index (χ0v) is 31.8. The number of aliphatic carboxylic acids is 1. The molecule has 14 nitrogen and oxygen atoms in total. The smallest absolute Gasteiger partial charge is 0.310 e. The first-order valence-electron chi connectivity index (χ1n) is 18.4. The van der Waals surface area contributed by atoms with Crippen molar-refractivity contribution in [2.24, 2.45) is 5.92 Å². The lowest BCUT2D eigenvalue weighted by atomic mass is 10.1. The number of aliphatic hydroxyl groups excluding tert-OH is 1. The van der Waals surface area contributed by atoms with E-state index in [1.54, 1.807) is 11.8 Å². The summed E-state index contributed by atoms with van der Waals surface area (Å²) in [4.78, 5) is 71.5. The van der Waals surface area contributed by atoms with E-state index in [-0.39, 0.29) is 77.7 Å². The van der Waals surface area contributed by atoms with Gasteiger partial charge in [-0.05, 0) is 51.7 Å². The van der Waals surface area contributed by atoms with Crippen molar-refractivity contribution in [3.05, 3.63) is 23.5 Å². The average molecular weight is 758 g/mol. The van der Waals surface area contributed by atoms with Crippen LogP contribution in [0.3, 0.4) is 0 Å². The quantitative estimate of drug-likeness (QED) is 0.0560. The average Bonchev–Trinajstić information content (AvgIpc) is 3.43. The van der Waals surface area contributed by atoms with E-state index in [4.69, 9.17) is 33.9 Å². The van der Waals surface area contributed by atoms with Crippen LogP contribution < -0.4 is 0 Å². The van der Waals surface area contributed by atoms with Gasteiger partial charge in [-0.15, -0.1) is 0 Å². The van der Waals surface area contributed by atoms with Crippen molar-refractivity contribution >= 4 is 47.6 Å². The van der Waals surface area contributed by atoms with Crippen LogP contribution in [0.2, 0.25) is 0 Å². The van der Waals surface area contributed by atoms with Crippen LogP contribution >= 0.6 is 11.8 Å². The Labute approximate surface area is 311 Å². The molecule has 0 aromatic carbocycles. The molecule has 15 heteroatoms. The summed E-state index contributed by atoms with van der Waals surface area (Å²) in [6.07, 6.45) is 6.77. The minimum atomic E-state index is -0.776. The molecule has 0 aliphatic rings. The van der Waals surface area contributed by atoms with Crippen LogP contribution in [0.15, 0.2) is 12.1 Å². The summed E-state index contributed by atoms with van der Waals surface area (Å²) in [6, 6.07) is 4.09. The third-order valence-corrected chi connectivity index (χ3v) is 9.03. The summed E-state index contributed by atoms with van der Waals surface area (Å²) < 4.78 is 28.2. The molecule has 1 unspecified atom stereocenters. The van der Waals surface area contributed by atoms with E-state index in [0.717, 1.165) is 55.8 Å². The lowest BCUT2D eigenvalue weighted by Crippen LogP contribution is -2.25. The maximum absolute atomic E-state index is 13.0. The fourth-order valence-corrected chi connectivity index (χ4v) is 5.96. The number of aryl methyl sites for hydroxylation is 2. The van der Waals surface area contributed by atoms with Crippen molar-refractivity contribution in [1.82, 2.24) is 4.57 Å². The molecule has 0 saturated heterocycles. The van der Waals surface area contributed by atoms with E-state index in [0.29, 0.717) is 37.9 Å². The number of carbonyl (C=O) groups is 6. The van der Waals surface area contributed by atoms with Gasteiger partial charge in [0.05, 0.1) is 58.2 Å². The number of unbranched alkanes of at least 4 members (excludes halogenated alkanes) is 6. The fourth-order valence-electron chi connectivity index (χ4n) is 4.94. The molecule has 0 radical (unpaired) electrons. The number of thioether (sulfide) groups is 1. The standard InChI is InChI=1S/C37H59NO13S/c1-29-15-16-30(2)38(29)19-26-52-28-31(37(46)51-25-12-24-49-35(44)18-17-34(43)48-23-11-20-39)27-36(45)50-22-10-9-21-47-33(42)14-8-6-4-3-5-7-13-32(40)41/h15-16,31,39H,3-14,17-28H2,1-2H3,(H,40,41). The Morgan fingerprint density at radius 1 is 0.615 bits per heavy atom. The van der Waals surface area contributed by atoms with Gasteiger partial charge in [-0.3, -0.25) is 28.8 Å². The molecule has 0 amide bonds. The Morgan fingerprint density at radius 2 is 1.10 bits per heavy atom. The van der Waals surface area contributed by atoms with E-state index < -0.39 is 35.8 Å². The number of carboxylic acids is 1. The van der Waals surface area contributed by atoms with Gasteiger partial charge in [0.25, 0.3) is 0 Å². The summed E-state index contributed by atoms with van der Waals surface area (Å²) in [6.45, 7) is 5.15. The second-order valence-electron chi connectivity index (χ2n) is 12.4. The number of carbonyl (C=O) groups excluding carboxylic acids is 5. The van der Waals surface area contributed by atoms with Crippen molar-refractivity contribution in [2.45, 2.75) is 117 Å². The minimum Gasteiger partial charge on any atom is -0.481 e. The van der Waals surface area contributed by atoms with Gasteiger partial charge in [-0.1, -0.05) is 25.7 Å². The molecule has 1 atom stereocenters. The van der Waals surface area contributed by atoms with Crippen molar-refractivity contribution in [1.29, 1.82) is 0 Å². The monoisotopic (exact) mass is 757 g/mol. The number of aromatic nitrogens is 1. The zero-order valence-electron chi connectivity index (χ0n) is 30.9. The first-order valence-corrected chi connectivity index (χ1v) is 19.5. The number of rotatable bonds is 32. The van der Waals surface area contributed by atoms with Gasteiger partial charge in [0.1, 0.15) is 0 Å². The van der Waals surface area contributed by atoms with Gasteiger partial charge < -0.3 is 38.5 Å². The number of ether oxygens (including phenoxy) is 5. The largest absolute Gasteiger partial charge is 0.481 e. The highest BCUT2D eigenvalue weighted by molar-refractivity contribution is 7.99. The zero-order chi connectivity index (χ0) is 38.4. The number of nitrogens with zero attached hydrogens (tertiary/aromatic N) is 1. The number of hydrogen-bond donors (Lipinski definition) is 2. The molecule has 2 N–H and O–H groups in total. The van der Waals surface area contributed by atoms with E-state index >= 15 is 0 Å². The number of hydrogen-bond acceptors (Lipinski definition) is 13. The minimum absolute atomic E-state index is 0.00437. The van der Waals surface area contributed by atoms with Gasteiger partial charge >= 0.3 is 35.8 Å². The second-order valence-corrected chi connectivity index (χ2v) is 13.6. The van der Waals surface area contributed by atoms with Gasteiger partial charge in [-0.2, -0.15) is 11.8 Å². The summed E-state index contributed by atoms with van der Waals surface area (Å²) in [5.41, 5.74) is 2.29. The Bertz CT molecular complexity index is 1180. The molecule has 0 aliphatic carbocycles. The van der Waals surface area contributed by atoms with Gasteiger partial charge in [0.2, 0.25) is 0 Å². The highest BCUT2D eigenvalue weighted by atomic mass is 32.2. The highest BCUT2D eigenvalue weighted by Gasteiger charge is 2.24. The molecule has 0 aliphatic heterocycles. The summed E-state index contributed by atoms with van der Waals surface area (Å²) in [5, 5.41) is 17.4. The molecule has 1 rings (SSSR count). The molecule has 0 fully saturated rings. The number of esters is 5. The fraction of sp³-hybridized carbons (Fsp3) is 0.730. The van der Waals surface area contributed by atoms with Crippen LogP contribution in [0, 0.1) is 19.8 Å². The normalized spacial score (nSPS) is 11.4. The molecule has 0 saturated carbocycles. The Hall–Kier alpha value is -3.59. The van der Waals surface area contributed by atoms with E-state index in [1.807, 2.05) is 26.0 Å². The van der Waals surface area contributed by atoms with Crippen LogP contribution in [-0.2, 0) is 59.0 Å². The number of carboxylic acid groups (broad SMARTS) is 1.